The molecule has 1 aliphatic carbocycles. The van der Waals surface area contributed by atoms with E-state index in [1.807, 2.05) is 0 Å². The molecule has 2 fully saturated rings. The van der Waals surface area contributed by atoms with Gasteiger partial charge in [0, 0.05) is 31.2 Å². The normalized spacial score (nSPS) is 35.6. The molecule has 0 aromatic heterocycles. The molecule has 0 radical (unpaired) electrons. The molecule has 1 N–H and O–H groups in total. The minimum absolute atomic E-state index is 0.775. The minimum atomic E-state index is 0.775. The van der Waals surface area contributed by atoms with Crippen molar-refractivity contribution in [2.75, 3.05) is 33.7 Å². The molecule has 0 bridgehead atoms. The number of likely N-dealkylation sites (N-methyl/N-ethyl adjacent to an activating group) is 1. The summed E-state index contributed by atoms with van der Waals surface area (Å²) in [5.41, 5.74) is 0. The highest BCUT2D eigenvalue weighted by atomic mass is 15.2. The first-order valence-electron chi connectivity index (χ1n) is 7.34. The van der Waals surface area contributed by atoms with Gasteiger partial charge in [0.25, 0.3) is 0 Å². The zero-order valence-corrected chi connectivity index (χ0v) is 11.8. The Hall–Kier alpha value is -0.120. The van der Waals surface area contributed by atoms with Crippen LogP contribution in [0.1, 0.15) is 39.0 Å². The lowest BCUT2D eigenvalue weighted by molar-refractivity contribution is 0.157. The smallest absolute Gasteiger partial charge is 0.0229 e. The summed E-state index contributed by atoms with van der Waals surface area (Å²) < 4.78 is 0. The first-order chi connectivity index (χ1) is 8.20. The molecule has 2 rings (SSSR count). The molecule has 1 aliphatic heterocycles. The van der Waals surface area contributed by atoms with E-state index >= 15 is 0 Å². The number of rotatable bonds is 4. The fourth-order valence-corrected chi connectivity index (χ4v) is 3.49. The minimum Gasteiger partial charge on any atom is -0.314 e. The van der Waals surface area contributed by atoms with E-state index in [0.29, 0.717) is 0 Å². The molecule has 0 aromatic carbocycles. The van der Waals surface area contributed by atoms with E-state index in [4.69, 9.17) is 0 Å². The van der Waals surface area contributed by atoms with E-state index in [1.54, 1.807) is 0 Å². The summed E-state index contributed by atoms with van der Waals surface area (Å²) in [6, 6.07) is 2.41. The van der Waals surface area contributed by atoms with Gasteiger partial charge in [-0.15, -0.1) is 0 Å². The summed E-state index contributed by atoms with van der Waals surface area (Å²) >= 11 is 0. The molecule has 3 unspecified atom stereocenters. The van der Waals surface area contributed by atoms with E-state index in [9.17, 15) is 0 Å². The van der Waals surface area contributed by atoms with Crippen molar-refractivity contribution in [1.29, 1.82) is 0 Å². The second-order valence-electron chi connectivity index (χ2n) is 5.98. The predicted octanol–water partition coefficient (Wildman–Crippen LogP) is 1.54. The molecule has 100 valence electrons. The van der Waals surface area contributed by atoms with Crippen LogP contribution in [0.2, 0.25) is 0 Å². The van der Waals surface area contributed by atoms with Crippen LogP contribution in [0, 0.1) is 0 Å². The molecule has 17 heavy (non-hydrogen) atoms. The van der Waals surface area contributed by atoms with Gasteiger partial charge in [-0.05, 0) is 46.3 Å². The van der Waals surface area contributed by atoms with E-state index in [2.05, 4.69) is 36.1 Å². The van der Waals surface area contributed by atoms with Crippen LogP contribution in [0.4, 0.5) is 0 Å². The maximum Gasteiger partial charge on any atom is 0.0229 e. The third-order valence-corrected chi connectivity index (χ3v) is 4.58. The molecule has 0 spiro atoms. The Labute approximate surface area is 107 Å². The van der Waals surface area contributed by atoms with Crippen LogP contribution in [0.5, 0.6) is 0 Å². The number of nitrogens with zero attached hydrogens (tertiary/aromatic N) is 2. The second kappa shape index (κ2) is 6.17. The van der Waals surface area contributed by atoms with Crippen molar-refractivity contribution >= 4 is 0 Å². The summed E-state index contributed by atoms with van der Waals surface area (Å²) in [6.07, 6.45) is 6.94. The van der Waals surface area contributed by atoms with Crippen molar-refractivity contribution in [3.63, 3.8) is 0 Å². The Morgan fingerprint density at radius 1 is 1.24 bits per heavy atom. The highest BCUT2D eigenvalue weighted by molar-refractivity contribution is 4.89. The molecule has 3 nitrogen and oxygen atoms in total. The van der Waals surface area contributed by atoms with Crippen LogP contribution >= 0.6 is 0 Å². The van der Waals surface area contributed by atoms with Gasteiger partial charge in [-0.25, -0.2) is 0 Å². The Morgan fingerprint density at radius 2 is 2.06 bits per heavy atom. The van der Waals surface area contributed by atoms with Crippen LogP contribution in [-0.4, -0.2) is 61.7 Å². The number of nitrogens with one attached hydrogen (secondary N) is 1. The SMILES string of the molecule is CCNC1CCCC(N2CCC(N(C)C)C2)C1. The highest BCUT2D eigenvalue weighted by Crippen LogP contribution is 2.27. The molecule has 2 aliphatic rings. The van der Waals surface area contributed by atoms with E-state index in [-0.39, 0.29) is 0 Å². The molecule has 3 heteroatoms. The molecular formula is C14H29N3. The van der Waals surface area contributed by atoms with E-state index in [1.165, 1.54) is 45.2 Å². The number of hydrogen-bond acceptors (Lipinski definition) is 3. The van der Waals surface area contributed by atoms with Crippen molar-refractivity contribution in [1.82, 2.24) is 15.1 Å². The summed E-state index contributed by atoms with van der Waals surface area (Å²) in [4.78, 5) is 5.14. The van der Waals surface area contributed by atoms with E-state index < -0.39 is 0 Å². The van der Waals surface area contributed by atoms with Gasteiger partial charge in [0.2, 0.25) is 0 Å². The lowest BCUT2D eigenvalue weighted by Crippen LogP contribution is -2.44. The fourth-order valence-electron chi connectivity index (χ4n) is 3.49. The van der Waals surface area contributed by atoms with Crippen molar-refractivity contribution in [2.45, 2.75) is 57.2 Å². The fraction of sp³-hybridized carbons (Fsp3) is 1.00. The quantitative estimate of drug-likeness (QED) is 0.803. The molecule has 1 heterocycles. The standard InChI is InChI=1S/C14H29N3/c1-4-15-12-6-5-7-13(10-12)17-9-8-14(11-17)16(2)3/h12-15H,4-11H2,1-3H3. The molecule has 3 atom stereocenters. The van der Waals surface area contributed by atoms with Crippen LogP contribution in [0.25, 0.3) is 0 Å². The third kappa shape index (κ3) is 3.43. The van der Waals surface area contributed by atoms with Crippen LogP contribution in [0.15, 0.2) is 0 Å². The lowest BCUT2D eigenvalue weighted by atomic mass is 9.90. The predicted molar refractivity (Wildman–Crippen MR) is 73.4 cm³/mol. The molecule has 1 saturated heterocycles. The molecule has 0 amide bonds. The summed E-state index contributed by atoms with van der Waals surface area (Å²) in [5, 5.41) is 3.63. The highest BCUT2D eigenvalue weighted by Gasteiger charge is 2.32. The van der Waals surface area contributed by atoms with Crippen molar-refractivity contribution in [3.8, 4) is 0 Å². The lowest BCUT2D eigenvalue weighted by Gasteiger charge is -2.36. The van der Waals surface area contributed by atoms with Crippen LogP contribution in [-0.2, 0) is 0 Å². The average molecular weight is 239 g/mol. The van der Waals surface area contributed by atoms with Crippen molar-refractivity contribution in [2.24, 2.45) is 0 Å². The van der Waals surface area contributed by atoms with Gasteiger partial charge in [0.15, 0.2) is 0 Å². The summed E-state index contributed by atoms with van der Waals surface area (Å²) in [5.74, 6) is 0. The second-order valence-corrected chi connectivity index (χ2v) is 5.98. The van der Waals surface area contributed by atoms with Crippen molar-refractivity contribution < 1.29 is 0 Å². The Bertz CT molecular complexity index is 228. The first kappa shape index (κ1) is 13.3. The van der Waals surface area contributed by atoms with Gasteiger partial charge in [-0.1, -0.05) is 13.3 Å². The molecule has 0 aromatic rings. The van der Waals surface area contributed by atoms with Crippen LogP contribution < -0.4 is 5.32 Å². The number of likely N-dealkylation sites (tertiary alicyclic amines) is 1. The zero-order valence-electron chi connectivity index (χ0n) is 11.8. The van der Waals surface area contributed by atoms with Crippen LogP contribution in [0.3, 0.4) is 0 Å². The van der Waals surface area contributed by atoms with Gasteiger partial charge in [0.05, 0.1) is 0 Å². The third-order valence-electron chi connectivity index (χ3n) is 4.58. The average Bonchev–Trinajstić information content (AvgIpc) is 2.79. The van der Waals surface area contributed by atoms with Gasteiger partial charge in [-0.2, -0.15) is 0 Å². The topological polar surface area (TPSA) is 18.5 Å². The van der Waals surface area contributed by atoms with Crippen molar-refractivity contribution in [3.05, 3.63) is 0 Å². The van der Waals surface area contributed by atoms with E-state index in [0.717, 1.165) is 24.7 Å². The number of hydrogen-bond donors (Lipinski definition) is 1. The largest absolute Gasteiger partial charge is 0.314 e. The Balaban J connectivity index is 1.82. The monoisotopic (exact) mass is 239 g/mol. The maximum atomic E-state index is 3.63. The maximum absolute atomic E-state index is 3.63. The van der Waals surface area contributed by atoms with Gasteiger partial charge < -0.3 is 10.2 Å². The van der Waals surface area contributed by atoms with Gasteiger partial charge >= 0.3 is 0 Å². The summed E-state index contributed by atoms with van der Waals surface area (Å²) in [7, 11) is 4.44. The zero-order chi connectivity index (χ0) is 12.3. The molecular weight excluding hydrogens is 210 g/mol. The summed E-state index contributed by atoms with van der Waals surface area (Å²) in [6.45, 7) is 5.95. The first-order valence-corrected chi connectivity index (χ1v) is 7.34. The molecule has 1 saturated carbocycles. The Morgan fingerprint density at radius 3 is 2.71 bits per heavy atom. The Kier molecular flexibility index (Phi) is 4.83. The van der Waals surface area contributed by atoms with Gasteiger partial charge in [-0.3, -0.25) is 4.90 Å². The van der Waals surface area contributed by atoms with Gasteiger partial charge in [0.1, 0.15) is 0 Å².